The standard InChI is InChI=1S/C18H18ClNO3/c1-11-9-15(19)7-8-17(11)23-13(3)18(22)20-16-6-4-5-14(10-16)12(2)21/h4-10,13H,1-3H3,(H,20,22)/t13-/m1/s1. The van der Waals surface area contributed by atoms with Crippen LogP contribution in [0.15, 0.2) is 42.5 Å². The summed E-state index contributed by atoms with van der Waals surface area (Å²) in [6, 6.07) is 12.0. The molecule has 0 saturated heterocycles. The molecule has 5 heteroatoms. The number of carbonyl (C=O) groups is 2. The van der Waals surface area contributed by atoms with E-state index in [1.807, 2.05) is 6.92 Å². The third-order valence-corrected chi connectivity index (χ3v) is 3.58. The third-order valence-electron chi connectivity index (χ3n) is 3.35. The van der Waals surface area contributed by atoms with Gasteiger partial charge < -0.3 is 10.1 Å². The van der Waals surface area contributed by atoms with E-state index in [9.17, 15) is 9.59 Å². The molecule has 1 atom stereocenters. The summed E-state index contributed by atoms with van der Waals surface area (Å²) in [7, 11) is 0. The Morgan fingerprint density at radius 3 is 2.57 bits per heavy atom. The number of nitrogens with one attached hydrogen (secondary N) is 1. The summed E-state index contributed by atoms with van der Waals surface area (Å²) in [5.41, 5.74) is 1.96. The Hall–Kier alpha value is -2.33. The van der Waals surface area contributed by atoms with Crippen molar-refractivity contribution in [2.75, 3.05) is 5.32 Å². The lowest BCUT2D eigenvalue weighted by molar-refractivity contribution is -0.122. The lowest BCUT2D eigenvalue weighted by Gasteiger charge is -2.16. The average molecular weight is 332 g/mol. The van der Waals surface area contributed by atoms with Gasteiger partial charge in [0.05, 0.1) is 0 Å². The van der Waals surface area contributed by atoms with E-state index in [-0.39, 0.29) is 11.7 Å². The van der Waals surface area contributed by atoms with Gasteiger partial charge in [0.2, 0.25) is 0 Å². The molecule has 1 N–H and O–H groups in total. The van der Waals surface area contributed by atoms with E-state index in [1.54, 1.807) is 49.4 Å². The molecule has 0 bridgehead atoms. The van der Waals surface area contributed by atoms with Gasteiger partial charge in [-0.15, -0.1) is 0 Å². The van der Waals surface area contributed by atoms with Crippen molar-refractivity contribution in [3.05, 3.63) is 58.6 Å². The van der Waals surface area contributed by atoms with E-state index >= 15 is 0 Å². The van der Waals surface area contributed by atoms with E-state index in [0.717, 1.165) is 5.56 Å². The van der Waals surface area contributed by atoms with Crippen LogP contribution in [0.5, 0.6) is 5.75 Å². The Kier molecular flexibility index (Phi) is 5.40. The van der Waals surface area contributed by atoms with Crippen LogP contribution in [0, 0.1) is 6.92 Å². The van der Waals surface area contributed by atoms with Crippen molar-refractivity contribution in [2.45, 2.75) is 26.9 Å². The van der Waals surface area contributed by atoms with Crippen LogP contribution < -0.4 is 10.1 Å². The maximum atomic E-state index is 12.2. The zero-order chi connectivity index (χ0) is 17.0. The van der Waals surface area contributed by atoms with E-state index in [0.29, 0.717) is 22.0 Å². The lowest BCUT2D eigenvalue weighted by atomic mass is 10.1. The van der Waals surface area contributed by atoms with Gasteiger partial charge in [0.25, 0.3) is 5.91 Å². The molecule has 0 spiro atoms. The second-order valence-electron chi connectivity index (χ2n) is 5.30. The molecule has 120 valence electrons. The normalized spacial score (nSPS) is 11.7. The van der Waals surface area contributed by atoms with Crippen LogP contribution in [0.1, 0.15) is 29.8 Å². The second kappa shape index (κ2) is 7.29. The first-order chi connectivity index (χ1) is 10.9. The summed E-state index contributed by atoms with van der Waals surface area (Å²) in [6.07, 6.45) is -0.684. The Balaban J connectivity index is 2.05. The van der Waals surface area contributed by atoms with E-state index in [2.05, 4.69) is 5.32 Å². The van der Waals surface area contributed by atoms with Crippen molar-refractivity contribution in [2.24, 2.45) is 0 Å². The largest absolute Gasteiger partial charge is 0.481 e. The molecular formula is C18H18ClNO3. The Bertz CT molecular complexity index is 743. The van der Waals surface area contributed by atoms with Crippen LogP contribution in [0.25, 0.3) is 0 Å². The van der Waals surface area contributed by atoms with Crippen LogP contribution in [-0.2, 0) is 4.79 Å². The fourth-order valence-electron chi connectivity index (χ4n) is 2.05. The number of hydrogen-bond acceptors (Lipinski definition) is 3. The summed E-state index contributed by atoms with van der Waals surface area (Å²) < 4.78 is 5.67. The number of carbonyl (C=O) groups excluding carboxylic acids is 2. The van der Waals surface area contributed by atoms with Crippen molar-refractivity contribution in [3.63, 3.8) is 0 Å². The van der Waals surface area contributed by atoms with Crippen molar-refractivity contribution in [1.29, 1.82) is 0 Å². The maximum absolute atomic E-state index is 12.2. The molecule has 4 nitrogen and oxygen atoms in total. The second-order valence-corrected chi connectivity index (χ2v) is 5.73. The minimum Gasteiger partial charge on any atom is -0.481 e. The van der Waals surface area contributed by atoms with Crippen molar-refractivity contribution in [1.82, 2.24) is 0 Å². The van der Waals surface area contributed by atoms with Gasteiger partial charge in [0.15, 0.2) is 11.9 Å². The molecule has 0 heterocycles. The van der Waals surface area contributed by atoms with E-state index < -0.39 is 6.10 Å². The monoisotopic (exact) mass is 331 g/mol. The van der Waals surface area contributed by atoms with Gasteiger partial charge in [-0.25, -0.2) is 0 Å². The van der Waals surface area contributed by atoms with E-state index in [4.69, 9.17) is 16.3 Å². The average Bonchev–Trinajstić information content (AvgIpc) is 2.50. The summed E-state index contributed by atoms with van der Waals surface area (Å²) >= 11 is 5.90. The molecule has 0 radical (unpaired) electrons. The summed E-state index contributed by atoms with van der Waals surface area (Å²) in [4.78, 5) is 23.6. The lowest BCUT2D eigenvalue weighted by Crippen LogP contribution is -2.30. The molecule has 0 aliphatic rings. The number of aryl methyl sites for hydroxylation is 1. The van der Waals surface area contributed by atoms with Gasteiger partial charge >= 0.3 is 0 Å². The quantitative estimate of drug-likeness (QED) is 0.833. The molecule has 0 aliphatic heterocycles. The summed E-state index contributed by atoms with van der Waals surface area (Å²) in [6.45, 7) is 5.01. The highest BCUT2D eigenvalue weighted by Crippen LogP contribution is 2.23. The smallest absolute Gasteiger partial charge is 0.265 e. The Morgan fingerprint density at radius 2 is 1.91 bits per heavy atom. The highest BCUT2D eigenvalue weighted by molar-refractivity contribution is 6.30. The SMILES string of the molecule is CC(=O)c1cccc(NC(=O)[C@@H](C)Oc2ccc(Cl)cc2C)c1. The number of benzene rings is 2. The van der Waals surface area contributed by atoms with Crippen molar-refractivity contribution in [3.8, 4) is 5.75 Å². The Labute approximate surface area is 140 Å². The van der Waals surface area contributed by atoms with Gasteiger partial charge in [-0.2, -0.15) is 0 Å². The van der Waals surface area contributed by atoms with Gasteiger partial charge in [-0.05, 0) is 56.7 Å². The number of anilines is 1. The number of halogens is 1. The molecule has 2 aromatic carbocycles. The summed E-state index contributed by atoms with van der Waals surface area (Å²) in [5.74, 6) is 0.261. The fraction of sp³-hybridized carbons (Fsp3) is 0.222. The molecule has 0 saturated carbocycles. The van der Waals surface area contributed by atoms with Crippen LogP contribution in [0.2, 0.25) is 5.02 Å². The first-order valence-corrected chi connectivity index (χ1v) is 7.59. The minimum atomic E-state index is -0.684. The first-order valence-electron chi connectivity index (χ1n) is 7.21. The molecule has 1 amide bonds. The molecule has 23 heavy (non-hydrogen) atoms. The molecule has 0 unspecified atom stereocenters. The minimum absolute atomic E-state index is 0.0535. The molecule has 2 rings (SSSR count). The van der Waals surface area contributed by atoms with Gasteiger partial charge in [-0.3, -0.25) is 9.59 Å². The fourth-order valence-corrected chi connectivity index (χ4v) is 2.28. The highest BCUT2D eigenvalue weighted by Gasteiger charge is 2.16. The highest BCUT2D eigenvalue weighted by atomic mass is 35.5. The molecular weight excluding hydrogens is 314 g/mol. The number of Topliss-reactive ketones (excluding diaryl/α,β-unsaturated/α-hetero) is 1. The van der Waals surface area contributed by atoms with Crippen LogP contribution >= 0.6 is 11.6 Å². The predicted molar refractivity (Wildman–Crippen MR) is 91.4 cm³/mol. The number of amides is 1. The Morgan fingerprint density at radius 1 is 1.17 bits per heavy atom. The van der Waals surface area contributed by atoms with Crippen LogP contribution in [0.4, 0.5) is 5.69 Å². The van der Waals surface area contributed by atoms with Gasteiger partial charge in [-0.1, -0.05) is 23.7 Å². The number of ether oxygens (including phenoxy) is 1. The molecule has 0 aliphatic carbocycles. The zero-order valence-electron chi connectivity index (χ0n) is 13.2. The molecule has 0 aromatic heterocycles. The maximum Gasteiger partial charge on any atom is 0.265 e. The first kappa shape index (κ1) is 17.0. The van der Waals surface area contributed by atoms with Gasteiger partial charge in [0.1, 0.15) is 5.75 Å². The molecule has 2 aromatic rings. The number of hydrogen-bond donors (Lipinski definition) is 1. The number of ketones is 1. The third kappa shape index (κ3) is 4.57. The zero-order valence-corrected chi connectivity index (χ0v) is 14.0. The number of rotatable bonds is 5. The molecule has 0 fully saturated rings. The van der Waals surface area contributed by atoms with Crippen LogP contribution in [-0.4, -0.2) is 17.8 Å². The van der Waals surface area contributed by atoms with Gasteiger partial charge in [0, 0.05) is 16.3 Å². The topological polar surface area (TPSA) is 55.4 Å². The van der Waals surface area contributed by atoms with Crippen molar-refractivity contribution < 1.29 is 14.3 Å². The van der Waals surface area contributed by atoms with E-state index in [1.165, 1.54) is 6.92 Å². The van der Waals surface area contributed by atoms with Crippen LogP contribution in [0.3, 0.4) is 0 Å². The predicted octanol–water partition coefficient (Wildman–Crippen LogP) is 4.26. The van der Waals surface area contributed by atoms with Crippen molar-refractivity contribution >= 4 is 29.0 Å². The summed E-state index contributed by atoms with van der Waals surface area (Å²) in [5, 5.41) is 3.36.